The van der Waals surface area contributed by atoms with Gasteiger partial charge in [-0.15, -0.1) is 0 Å². The molecule has 0 spiro atoms. The Morgan fingerprint density at radius 1 is 0.902 bits per heavy atom. The predicted octanol–water partition coefficient (Wildman–Crippen LogP) is 13.7. The molecule has 5 heteroatoms. The van der Waals surface area contributed by atoms with Gasteiger partial charge in [-0.3, -0.25) is 14.9 Å². The number of ether oxygens (including phenoxy) is 1. The van der Waals surface area contributed by atoms with Crippen LogP contribution in [0.15, 0.2) is 35.6 Å². The van der Waals surface area contributed by atoms with E-state index >= 15 is 0 Å². The van der Waals surface area contributed by atoms with Crippen molar-refractivity contribution in [3.05, 3.63) is 45.7 Å². The third-order valence-corrected chi connectivity index (χ3v) is 14.5. The van der Waals surface area contributed by atoms with Gasteiger partial charge < -0.3 is 4.74 Å². The molecule has 4 rings (SSSR count). The van der Waals surface area contributed by atoms with Crippen LogP contribution in [0.4, 0.5) is 0 Å². The molecule has 0 heterocycles. The fourth-order valence-corrected chi connectivity index (χ4v) is 11.4. The molecule has 3 saturated carbocycles. The molecule has 0 aromatic heterocycles. The molecular formula is C46H77NO4. The fraction of sp³-hybridized carbons (Fsp3) is 0.848. The van der Waals surface area contributed by atoms with Crippen LogP contribution >= 0.6 is 0 Å². The van der Waals surface area contributed by atoms with Gasteiger partial charge in [-0.1, -0.05) is 123 Å². The number of carbonyl (C=O) groups excluding carboxylic acids is 1. The largest absolute Gasteiger partial charge is 0.462 e. The molecule has 0 N–H and O–H groups in total. The lowest BCUT2D eigenvalue weighted by atomic mass is 9.47. The molecule has 0 radical (unpaired) electrons. The van der Waals surface area contributed by atoms with Crippen LogP contribution in [0.1, 0.15) is 196 Å². The Bertz CT molecular complexity index is 1190. The van der Waals surface area contributed by atoms with E-state index < -0.39 is 0 Å². The van der Waals surface area contributed by atoms with Crippen molar-refractivity contribution in [1.29, 1.82) is 0 Å². The normalized spacial score (nSPS) is 31.2. The van der Waals surface area contributed by atoms with Gasteiger partial charge in [0.15, 0.2) is 0 Å². The van der Waals surface area contributed by atoms with Crippen LogP contribution in [-0.2, 0) is 9.53 Å². The number of nitro groups is 1. The quantitative estimate of drug-likeness (QED) is 0.0369. The Morgan fingerprint density at radius 2 is 1.65 bits per heavy atom. The van der Waals surface area contributed by atoms with Crippen LogP contribution in [-0.4, -0.2) is 17.0 Å². The number of hydrogen-bond donors (Lipinski definition) is 0. The highest BCUT2D eigenvalue weighted by atomic mass is 16.6. The first-order chi connectivity index (χ1) is 24.5. The van der Waals surface area contributed by atoms with E-state index in [2.05, 4.69) is 53.7 Å². The van der Waals surface area contributed by atoms with Gasteiger partial charge in [0.25, 0.3) is 0 Å². The number of carbonyl (C=O) groups is 1. The number of rotatable bonds is 22. The maximum absolute atomic E-state index is 12.9. The summed E-state index contributed by atoms with van der Waals surface area (Å²) in [5.74, 6) is 5.08. The van der Waals surface area contributed by atoms with E-state index in [0.29, 0.717) is 24.0 Å². The number of nitrogens with zero attached hydrogens (tertiary/aromatic N) is 1. The lowest BCUT2D eigenvalue weighted by Crippen LogP contribution is -2.51. The number of allylic oxidation sites excluding steroid dienone is 4. The topological polar surface area (TPSA) is 69.4 Å². The minimum atomic E-state index is -0.233. The van der Waals surface area contributed by atoms with E-state index in [1.807, 2.05) is 6.08 Å². The molecule has 4 aliphatic carbocycles. The summed E-state index contributed by atoms with van der Waals surface area (Å²) in [5, 5.41) is 11.4. The summed E-state index contributed by atoms with van der Waals surface area (Å²) in [7, 11) is 0. The molecule has 3 fully saturated rings. The molecule has 0 aliphatic heterocycles. The van der Waals surface area contributed by atoms with E-state index in [1.54, 1.807) is 11.6 Å². The minimum Gasteiger partial charge on any atom is -0.462 e. The first kappa shape index (κ1) is 41.8. The average Bonchev–Trinajstić information content (AvgIpc) is 3.45. The third-order valence-electron chi connectivity index (χ3n) is 14.5. The highest BCUT2D eigenvalue weighted by Gasteiger charge is 2.59. The van der Waals surface area contributed by atoms with Gasteiger partial charge in [0.05, 0.1) is 11.3 Å². The van der Waals surface area contributed by atoms with Crippen molar-refractivity contribution in [3.8, 4) is 0 Å². The second-order valence-corrected chi connectivity index (χ2v) is 18.4. The van der Waals surface area contributed by atoms with E-state index in [1.165, 1.54) is 77.0 Å². The molecule has 0 saturated heterocycles. The lowest BCUT2D eigenvalue weighted by Gasteiger charge is -2.58. The van der Waals surface area contributed by atoms with Crippen molar-refractivity contribution in [2.24, 2.45) is 46.3 Å². The third kappa shape index (κ3) is 11.5. The Hall–Kier alpha value is -1.91. The van der Waals surface area contributed by atoms with E-state index in [0.717, 1.165) is 99.7 Å². The highest BCUT2D eigenvalue weighted by Crippen LogP contribution is 2.67. The highest BCUT2D eigenvalue weighted by molar-refractivity contribution is 5.69. The van der Waals surface area contributed by atoms with Crippen LogP contribution in [0, 0.1) is 56.5 Å². The SMILES string of the molecule is CCCCC/C=C/C/C(=C/CCCCCCCC(=O)OC1CCC2(C)C(=CCC3C4CC[C@H](C(C)CCCCC(C)C)C4(C)CC[C@@H]32)C1)[N+](=O)[O-]. The molecule has 4 aliphatic rings. The standard InChI is InChI=1S/C46H77NO4/c1-7-8-9-10-13-16-23-38(47(49)50)24-17-14-11-12-15-18-25-44(48)51-39-30-32-45(5)37(34-39)26-27-40-42-29-28-41(46(42,6)33-31-43(40)45)36(4)22-20-19-21-35(2)3/h13,16,24,26,35-36,39-43H,7-12,14-15,17-23,25,27-34H2,1-6H3/b16-13+,38-24-/t36?,39?,40?,41-,42?,43+,45?,46?/m1/s1. The van der Waals surface area contributed by atoms with Gasteiger partial charge in [0.2, 0.25) is 5.70 Å². The zero-order chi connectivity index (χ0) is 36.9. The Kier molecular flexibility index (Phi) is 16.8. The summed E-state index contributed by atoms with van der Waals surface area (Å²) < 4.78 is 6.10. The van der Waals surface area contributed by atoms with Crippen LogP contribution < -0.4 is 0 Å². The van der Waals surface area contributed by atoms with Gasteiger partial charge >= 0.3 is 5.97 Å². The van der Waals surface area contributed by atoms with Gasteiger partial charge in [-0.25, -0.2) is 0 Å². The number of esters is 1. The van der Waals surface area contributed by atoms with Gasteiger partial charge in [-0.2, -0.15) is 0 Å². The Balaban J connectivity index is 1.14. The Labute approximate surface area is 313 Å². The lowest BCUT2D eigenvalue weighted by molar-refractivity contribution is -0.427. The van der Waals surface area contributed by atoms with Crippen molar-refractivity contribution in [2.75, 3.05) is 0 Å². The first-order valence-electron chi connectivity index (χ1n) is 21.9. The van der Waals surface area contributed by atoms with Crippen molar-refractivity contribution in [3.63, 3.8) is 0 Å². The number of unbranched alkanes of at least 4 members (excludes halogenated alkanes) is 9. The zero-order valence-electron chi connectivity index (χ0n) is 33.9. The monoisotopic (exact) mass is 708 g/mol. The first-order valence-corrected chi connectivity index (χ1v) is 21.9. The van der Waals surface area contributed by atoms with E-state index in [-0.39, 0.29) is 22.4 Å². The summed E-state index contributed by atoms with van der Waals surface area (Å²) in [5.41, 5.74) is 2.72. The summed E-state index contributed by atoms with van der Waals surface area (Å²) in [6.45, 7) is 14.7. The molecule has 290 valence electrons. The van der Waals surface area contributed by atoms with E-state index in [9.17, 15) is 14.9 Å². The summed E-state index contributed by atoms with van der Waals surface area (Å²) in [6, 6.07) is 0. The van der Waals surface area contributed by atoms with E-state index in [4.69, 9.17) is 4.74 Å². The maximum atomic E-state index is 12.9. The smallest absolute Gasteiger partial charge is 0.306 e. The molecule has 0 aromatic carbocycles. The van der Waals surface area contributed by atoms with Gasteiger partial charge in [0.1, 0.15) is 6.10 Å². The Morgan fingerprint density at radius 3 is 2.41 bits per heavy atom. The molecule has 0 amide bonds. The molecular weight excluding hydrogens is 631 g/mol. The van der Waals surface area contributed by atoms with Crippen molar-refractivity contribution < 1.29 is 14.5 Å². The fourth-order valence-electron chi connectivity index (χ4n) is 11.4. The molecule has 51 heavy (non-hydrogen) atoms. The molecule has 0 aromatic rings. The number of hydrogen-bond acceptors (Lipinski definition) is 4. The summed E-state index contributed by atoms with van der Waals surface area (Å²) >= 11 is 0. The van der Waals surface area contributed by atoms with Gasteiger partial charge in [0, 0.05) is 12.8 Å². The summed E-state index contributed by atoms with van der Waals surface area (Å²) in [6.07, 6.45) is 35.3. The average molecular weight is 708 g/mol. The second-order valence-electron chi connectivity index (χ2n) is 18.4. The van der Waals surface area contributed by atoms with Crippen LogP contribution in [0.25, 0.3) is 0 Å². The van der Waals surface area contributed by atoms with Crippen LogP contribution in [0.3, 0.4) is 0 Å². The van der Waals surface area contributed by atoms with Crippen LogP contribution in [0.5, 0.6) is 0 Å². The van der Waals surface area contributed by atoms with Crippen molar-refractivity contribution in [2.45, 2.75) is 202 Å². The molecule has 5 nitrogen and oxygen atoms in total. The molecule has 0 bridgehead atoms. The second kappa shape index (κ2) is 20.5. The maximum Gasteiger partial charge on any atom is 0.306 e. The molecule has 8 atom stereocenters. The van der Waals surface area contributed by atoms with Crippen LogP contribution in [0.2, 0.25) is 0 Å². The zero-order valence-corrected chi connectivity index (χ0v) is 33.9. The van der Waals surface area contributed by atoms with Gasteiger partial charge in [-0.05, 0) is 129 Å². The van der Waals surface area contributed by atoms with Crippen molar-refractivity contribution in [1.82, 2.24) is 0 Å². The minimum absolute atomic E-state index is 0.0250. The van der Waals surface area contributed by atoms with Crippen molar-refractivity contribution >= 4 is 5.97 Å². The predicted molar refractivity (Wildman–Crippen MR) is 213 cm³/mol. The summed E-state index contributed by atoms with van der Waals surface area (Å²) in [4.78, 5) is 24.0. The molecule has 6 unspecified atom stereocenters. The number of fused-ring (bicyclic) bond motifs is 5.